The molecule has 154 valence electrons. The van der Waals surface area contributed by atoms with Crippen molar-refractivity contribution in [3.8, 4) is 5.75 Å². The molecule has 0 saturated carbocycles. The van der Waals surface area contributed by atoms with Gasteiger partial charge in [-0.05, 0) is 54.1 Å². The Bertz CT molecular complexity index is 1070. The van der Waals surface area contributed by atoms with E-state index in [1.165, 1.54) is 11.8 Å². The maximum atomic E-state index is 13.2. The Labute approximate surface area is 188 Å². The van der Waals surface area contributed by atoms with E-state index in [0.717, 1.165) is 17.7 Å². The fourth-order valence-corrected chi connectivity index (χ4v) is 5.71. The zero-order valence-electron chi connectivity index (χ0n) is 16.0. The second kappa shape index (κ2) is 7.41. The predicted octanol–water partition coefficient (Wildman–Crippen LogP) is 4.63. The Morgan fingerprint density at radius 1 is 1.13 bits per heavy atom. The molecular formula is C21H17Cl2N3O3S. The first-order valence-corrected chi connectivity index (χ1v) is 11.0. The van der Waals surface area contributed by atoms with Crippen LogP contribution >= 0.6 is 35.0 Å². The molecule has 0 bridgehead atoms. The summed E-state index contributed by atoms with van der Waals surface area (Å²) in [5.74, 6) is 1.22. The van der Waals surface area contributed by atoms with Gasteiger partial charge in [-0.15, -0.1) is 0 Å². The van der Waals surface area contributed by atoms with Crippen molar-refractivity contribution in [2.75, 3.05) is 20.2 Å². The van der Waals surface area contributed by atoms with Gasteiger partial charge >= 0.3 is 5.18 Å². The highest BCUT2D eigenvalue weighted by Crippen LogP contribution is 2.53. The third-order valence-electron chi connectivity index (χ3n) is 5.25. The summed E-state index contributed by atoms with van der Waals surface area (Å²) in [6, 6.07) is 12.9. The number of hydrogen-bond acceptors (Lipinski definition) is 6. The van der Waals surface area contributed by atoms with E-state index in [0.29, 0.717) is 39.4 Å². The Hall–Kier alpha value is -2.35. The molecule has 1 spiro atoms. The van der Waals surface area contributed by atoms with Crippen LogP contribution in [0.3, 0.4) is 0 Å². The Morgan fingerprint density at radius 2 is 1.83 bits per heavy atom. The van der Waals surface area contributed by atoms with Crippen LogP contribution in [0, 0.1) is 0 Å². The third-order valence-corrected chi connectivity index (χ3v) is 7.17. The van der Waals surface area contributed by atoms with Crippen LogP contribution in [0.4, 0.5) is 0 Å². The summed E-state index contributed by atoms with van der Waals surface area (Å²) in [4.78, 5) is 23.4. The maximum Gasteiger partial charge on any atom is 0.348 e. The van der Waals surface area contributed by atoms with E-state index < -0.39 is 5.18 Å². The van der Waals surface area contributed by atoms with Gasteiger partial charge in [0, 0.05) is 13.1 Å². The zero-order valence-corrected chi connectivity index (χ0v) is 18.3. The van der Waals surface area contributed by atoms with Crippen molar-refractivity contribution in [3.05, 3.63) is 68.5 Å². The van der Waals surface area contributed by atoms with Crippen LogP contribution in [0.15, 0.2) is 52.5 Å². The molecule has 1 unspecified atom stereocenters. The Balaban J connectivity index is 1.50. The van der Waals surface area contributed by atoms with Crippen LogP contribution in [-0.2, 0) is 9.63 Å². The summed E-state index contributed by atoms with van der Waals surface area (Å²) < 4.78 is 5.20. The van der Waals surface area contributed by atoms with Crippen LogP contribution in [0.5, 0.6) is 5.75 Å². The van der Waals surface area contributed by atoms with E-state index in [-0.39, 0.29) is 5.91 Å². The summed E-state index contributed by atoms with van der Waals surface area (Å²) in [5, 5.41) is 4.25. The van der Waals surface area contributed by atoms with Gasteiger partial charge in [0.15, 0.2) is 5.84 Å². The molecule has 0 radical (unpaired) electrons. The highest BCUT2D eigenvalue weighted by atomic mass is 35.5. The van der Waals surface area contributed by atoms with E-state index >= 15 is 0 Å². The lowest BCUT2D eigenvalue weighted by molar-refractivity contribution is -0.167. The van der Waals surface area contributed by atoms with Crippen molar-refractivity contribution in [3.63, 3.8) is 0 Å². The Morgan fingerprint density at radius 3 is 2.53 bits per heavy atom. The molecule has 2 fully saturated rings. The summed E-state index contributed by atoms with van der Waals surface area (Å²) in [6.45, 7) is 1.26. The van der Waals surface area contributed by atoms with Gasteiger partial charge < -0.3 is 9.57 Å². The topological polar surface area (TPSA) is 54.4 Å². The minimum absolute atomic E-state index is 0.0813. The molecule has 5 rings (SSSR count). The second-order valence-corrected chi connectivity index (χ2v) is 8.99. The van der Waals surface area contributed by atoms with Crippen LogP contribution in [0.25, 0.3) is 6.08 Å². The number of thioether (sulfide) groups is 1. The first kappa shape index (κ1) is 19.6. The monoisotopic (exact) mass is 461 g/mol. The molecule has 3 aliphatic rings. The molecule has 2 aromatic rings. The molecule has 1 amide bonds. The zero-order chi connectivity index (χ0) is 20.9. The van der Waals surface area contributed by atoms with Crippen molar-refractivity contribution < 1.29 is 14.4 Å². The lowest BCUT2D eigenvalue weighted by atomic mass is 10.1. The van der Waals surface area contributed by atoms with Gasteiger partial charge in [0.2, 0.25) is 0 Å². The fraction of sp³-hybridized carbons (Fsp3) is 0.238. The average molecular weight is 462 g/mol. The smallest absolute Gasteiger partial charge is 0.348 e. The number of hydrogen-bond donors (Lipinski definition) is 0. The van der Waals surface area contributed by atoms with Crippen molar-refractivity contribution in [2.24, 2.45) is 5.16 Å². The largest absolute Gasteiger partial charge is 0.497 e. The SMILES string of the molecule is COc1ccc(/C=C2\SC34ON=C(c5c(Cl)cccc5Cl)N3CCCN4C2=O)cc1. The number of carbonyl (C=O) groups excluding carboxylic acids is 1. The molecule has 3 heterocycles. The minimum atomic E-state index is -1.05. The normalized spacial score (nSPS) is 23.9. The lowest BCUT2D eigenvalue weighted by Gasteiger charge is -2.42. The number of halogens is 2. The third kappa shape index (κ3) is 2.95. The van der Waals surface area contributed by atoms with Crippen LogP contribution in [0.2, 0.25) is 10.0 Å². The number of methoxy groups -OCH3 is 1. The molecule has 0 aromatic heterocycles. The van der Waals surface area contributed by atoms with Crippen LogP contribution in [-0.4, -0.2) is 46.9 Å². The van der Waals surface area contributed by atoms with Crippen molar-refractivity contribution in [1.82, 2.24) is 9.80 Å². The molecule has 9 heteroatoms. The predicted molar refractivity (Wildman–Crippen MR) is 118 cm³/mol. The first-order chi connectivity index (χ1) is 14.5. The second-order valence-electron chi connectivity index (χ2n) is 7.00. The van der Waals surface area contributed by atoms with Gasteiger partial charge in [0.05, 0.1) is 27.6 Å². The lowest BCUT2D eigenvalue weighted by Crippen LogP contribution is -2.60. The standard InChI is InChI=1S/C21H17Cl2N3O3S/c1-28-14-8-6-13(7-9-14)12-17-20(27)26-11-3-10-25-19(24-29-21(25,26)30-17)18-15(22)4-2-5-16(18)23/h2,4-9,12H,3,10-11H2,1H3/b17-12-. The number of carbonyl (C=O) groups is 1. The van der Waals surface area contributed by atoms with E-state index in [1.54, 1.807) is 30.2 Å². The Kier molecular flexibility index (Phi) is 4.84. The summed E-state index contributed by atoms with van der Waals surface area (Å²) >= 11 is 14.2. The van der Waals surface area contributed by atoms with Gasteiger partial charge in [-0.2, -0.15) is 0 Å². The van der Waals surface area contributed by atoms with Crippen LogP contribution in [0.1, 0.15) is 17.5 Å². The first-order valence-electron chi connectivity index (χ1n) is 9.38. The number of ether oxygens (including phenoxy) is 1. The molecule has 2 aromatic carbocycles. The van der Waals surface area contributed by atoms with Gasteiger partial charge in [-0.3, -0.25) is 14.6 Å². The van der Waals surface area contributed by atoms with Gasteiger partial charge in [0.1, 0.15) is 5.75 Å². The fourth-order valence-electron chi connectivity index (χ4n) is 3.82. The van der Waals surface area contributed by atoms with E-state index in [1.807, 2.05) is 35.2 Å². The number of nitrogens with zero attached hydrogens (tertiary/aromatic N) is 3. The van der Waals surface area contributed by atoms with Crippen molar-refractivity contribution in [1.29, 1.82) is 0 Å². The summed E-state index contributed by atoms with van der Waals surface area (Å²) in [6.07, 6.45) is 2.65. The number of oxime groups is 1. The molecular weight excluding hydrogens is 445 g/mol. The van der Waals surface area contributed by atoms with Crippen LogP contribution < -0.4 is 4.74 Å². The molecule has 2 saturated heterocycles. The van der Waals surface area contributed by atoms with Crippen molar-refractivity contribution >= 4 is 52.8 Å². The van der Waals surface area contributed by atoms with Gasteiger partial charge in [0.25, 0.3) is 5.91 Å². The van der Waals surface area contributed by atoms with E-state index in [9.17, 15) is 4.79 Å². The average Bonchev–Trinajstić information content (AvgIpc) is 3.25. The molecule has 3 aliphatic heterocycles. The van der Waals surface area contributed by atoms with Gasteiger partial charge in [-0.25, -0.2) is 0 Å². The molecule has 1 atom stereocenters. The maximum absolute atomic E-state index is 13.2. The highest BCUT2D eigenvalue weighted by molar-refractivity contribution is 8.05. The molecule has 0 aliphatic carbocycles. The number of amides is 1. The van der Waals surface area contributed by atoms with Gasteiger partial charge in [-0.1, -0.05) is 46.6 Å². The summed E-state index contributed by atoms with van der Waals surface area (Å²) in [7, 11) is 1.62. The molecule has 6 nitrogen and oxygen atoms in total. The number of rotatable bonds is 3. The summed E-state index contributed by atoms with van der Waals surface area (Å²) in [5.41, 5.74) is 1.52. The quantitative estimate of drug-likeness (QED) is 0.623. The molecule has 0 N–H and O–H groups in total. The van der Waals surface area contributed by atoms with E-state index in [4.69, 9.17) is 32.8 Å². The molecule has 30 heavy (non-hydrogen) atoms. The van der Waals surface area contributed by atoms with Crippen molar-refractivity contribution in [2.45, 2.75) is 11.6 Å². The van der Waals surface area contributed by atoms with E-state index in [2.05, 4.69) is 5.16 Å². The number of amidine groups is 1. The minimum Gasteiger partial charge on any atom is -0.497 e. The highest BCUT2D eigenvalue weighted by Gasteiger charge is 2.62. The number of benzene rings is 2.